The molecule has 0 atom stereocenters. The molecule has 102 valence electrons. The summed E-state index contributed by atoms with van der Waals surface area (Å²) in [4.78, 5) is 38.1. The van der Waals surface area contributed by atoms with Crippen LogP contribution in [-0.4, -0.2) is 78.5 Å². The van der Waals surface area contributed by atoms with Gasteiger partial charge in [0.2, 0.25) is 5.91 Å². The van der Waals surface area contributed by atoms with Crippen molar-refractivity contribution < 1.29 is 19.5 Å². The van der Waals surface area contributed by atoms with Crippen LogP contribution in [0.2, 0.25) is 0 Å². The van der Waals surface area contributed by atoms with E-state index in [-0.39, 0.29) is 30.8 Å². The first-order valence-electron chi connectivity index (χ1n) is 5.73. The van der Waals surface area contributed by atoms with Gasteiger partial charge in [-0.1, -0.05) is 0 Å². The molecule has 1 N–H and O–H groups in total. The minimum Gasteiger partial charge on any atom is -0.481 e. The predicted molar refractivity (Wildman–Crippen MR) is 64.0 cm³/mol. The standard InChI is InChI=1S/C11H19N3O4/c1-12(2)9(15)7-13(3)11(18)14-5-8(6-14)4-10(16)17/h8H,4-7H2,1-3H3,(H,16,17). The molecule has 1 aliphatic heterocycles. The van der Waals surface area contributed by atoms with E-state index in [0.717, 1.165) is 0 Å². The Labute approximate surface area is 106 Å². The van der Waals surface area contributed by atoms with Crippen LogP contribution in [0.5, 0.6) is 0 Å². The van der Waals surface area contributed by atoms with Gasteiger partial charge in [0.05, 0.1) is 6.42 Å². The molecule has 0 spiro atoms. The quantitative estimate of drug-likeness (QED) is 0.738. The molecule has 1 aliphatic rings. The molecular formula is C11H19N3O4. The molecule has 1 fully saturated rings. The maximum Gasteiger partial charge on any atom is 0.320 e. The van der Waals surface area contributed by atoms with Crippen molar-refractivity contribution in [3.8, 4) is 0 Å². The van der Waals surface area contributed by atoms with Gasteiger partial charge in [0.15, 0.2) is 0 Å². The van der Waals surface area contributed by atoms with Crippen molar-refractivity contribution in [3.63, 3.8) is 0 Å². The second-order valence-corrected chi connectivity index (χ2v) is 4.80. The fraction of sp³-hybridized carbons (Fsp3) is 0.727. The van der Waals surface area contributed by atoms with E-state index in [0.29, 0.717) is 13.1 Å². The molecule has 0 radical (unpaired) electrons. The molecule has 7 nitrogen and oxygen atoms in total. The molecule has 0 saturated carbocycles. The first kappa shape index (κ1) is 14.3. The molecule has 1 rings (SSSR count). The van der Waals surface area contributed by atoms with Crippen LogP contribution < -0.4 is 0 Å². The smallest absolute Gasteiger partial charge is 0.320 e. The Hall–Kier alpha value is -1.79. The van der Waals surface area contributed by atoms with Gasteiger partial charge in [0, 0.05) is 40.2 Å². The number of hydrogen-bond donors (Lipinski definition) is 1. The first-order chi connectivity index (χ1) is 8.31. The molecule has 0 aromatic carbocycles. The van der Waals surface area contributed by atoms with E-state index in [2.05, 4.69) is 0 Å². The van der Waals surface area contributed by atoms with E-state index in [1.165, 1.54) is 9.80 Å². The highest BCUT2D eigenvalue weighted by Gasteiger charge is 2.33. The van der Waals surface area contributed by atoms with Gasteiger partial charge in [0.1, 0.15) is 6.54 Å². The van der Waals surface area contributed by atoms with Crippen LogP contribution in [0, 0.1) is 5.92 Å². The number of urea groups is 1. The molecule has 7 heteroatoms. The zero-order valence-electron chi connectivity index (χ0n) is 10.9. The third-order valence-corrected chi connectivity index (χ3v) is 2.89. The summed E-state index contributed by atoms with van der Waals surface area (Å²) in [5, 5.41) is 8.60. The predicted octanol–water partition coefficient (Wildman–Crippen LogP) is -0.467. The average Bonchev–Trinajstić information content (AvgIpc) is 2.21. The number of hydrogen-bond acceptors (Lipinski definition) is 3. The fourth-order valence-corrected chi connectivity index (χ4v) is 1.76. The third-order valence-electron chi connectivity index (χ3n) is 2.89. The van der Waals surface area contributed by atoms with E-state index in [9.17, 15) is 14.4 Å². The van der Waals surface area contributed by atoms with E-state index in [4.69, 9.17) is 5.11 Å². The molecule has 0 aromatic rings. The van der Waals surface area contributed by atoms with Gasteiger partial charge >= 0.3 is 12.0 Å². The Morgan fingerprint density at radius 3 is 2.22 bits per heavy atom. The molecule has 0 aromatic heterocycles. The van der Waals surface area contributed by atoms with Crippen LogP contribution in [0.15, 0.2) is 0 Å². The summed E-state index contributed by atoms with van der Waals surface area (Å²) >= 11 is 0. The molecule has 0 unspecified atom stereocenters. The Balaban J connectivity index is 2.34. The molecule has 0 aliphatic carbocycles. The highest BCUT2D eigenvalue weighted by Crippen LogP contribution is 2.20. The van der Waals surface area contributed by atoms with Crippen molar-refractivity contribution in [2.24, 2.45) is 5.92 Å². The number of carboxylic acid groups (broad SMARTS) is 1. The van der Waals surface area contributed by atoms with Crippen molar-refractivity contribution in [2.45, 2.75) is 6.42 Å². The normalized spacial score (nSPS) is 14.9. The third kappa shape index (κ3) is 3.61. The summed E-state index contributed by atoms with van der Waals surface area (Å²) in [6, 6.07) is -0.230. The second kappa shape index (κ2) is 5.70. The summed E-state index contributed by atoms with van der Waals surface area (Å²) in [7, 11) is 4.83. The summed E-state index contributed by atoms with van der Waals surface area (Å²) < 4.78 is 0. The van der Waals surface area contributed by atoms with Gasteiger partial charge < -0.3 is 19.8 Å². The summed E-state index contributed by atoms with van der Waals surface area (Å²) in [5.74, 6) is -0.957. The van der Waals surface area contributed by atoms with Gasteiger partial charge in [-0.15, -0.1) is 0 Å². The molecule has 1 heterocycles. The van der Waals surface area contributed by atoms with Gasteiger partial charge in [-0.2, -0.15) is 0 Å². The van der Waals surface area contributed by atoms with Crippen molar-refractivity contribution >= 4 is 17.9 Å². The Bertz CT molecular complexity index is 350. The number of carbonyl (C=O) groups is 3. The zero-order chi connectivity index (χ0) is 13.9. The van der Waals surface area contributed by atoms with Crippen LogP contribution in [0.1, 0.15) is 6.42 Å². The number of likely N-dealkylation sites (N-methyl/N-ethyl adjacent to an activating group) is 2. The number of amides is 3. The van der Waals surface area contributed by atoms with Crippen molar-refractivity contribution in [2.75, 3.05) is 40.8 Å². The number of likely N-dealkylation sites (tertiary alicyclic amines) is 1. The lowest BCUT2D eigenvalue weighted by Gasteiger charge is -2.40. The van der Waals surface area contributed by atoms with Crippen LogP contribution in [-0.2, 0) is 9.59 Å². The summed E-state index contributed by atoms with van der Waals surface area (Å²) in [6.45, 7) is 0.934. The topological polar surface area (TPSA) is 81.2 Å². The lowest BCUT2D eigenvalue weighted by molar-refractivity contribution is -0.139. The highest BCUT2D eigenvalue weighted by molar-refractivity contribution is 5.84. The number of rotatable bonds is 4. The second-order valence-electron chi connectivity index (χ2n) is 4.80. The maximum absolute atomic E-state index is 11.8. The first-order valence-corrected chi connectivity index (χ1v) is 5.73. The molecule has 1 saturated heterocycles. The zero-order valence-corrected chi connectivity index (χ0v) is 10.9. The average molecular weight is 257 g/mol. The van der Waals surface area contributed by atoms with Gasteiger partial charge in [-0.25, -0.2) is 4.79 Å². The van der Waals surface area contributed by atoms with Crippen molar-refractivity contribution in [1.82, 2.24) is 14.7 Å². The van der Waals surface area contributed by atoms with Gasteiger partial charge in [-0.05, 0) is 0 Å². The number of nitrogens with zero attached hydrogens (tertiary/aromatic N) is 3. The van der Waals surface area contributed by atoms with Crippen LogP contribution >= 0.6 is 0 Å². The van der Waals surface area contributed by atoms with E-state index in [1.807, 2.05) is 0 Å². The Morgan fingerprint density at radius 2 is 1.78 bits per heavy atom. The maximum atomic E-state index is 11.8. The van der Waals surface area contributed by atoms with E-state index >= 15 is 0 Å². The SMILES string of the molecule is CN(C)C(=O)CN(C)C(=O)N1CC(CC(=O)O)C1. The highest BCUT2D eigenvalue weighted by atomic mass is 16.4. The van der Waals surface area contributed by atoms with Crippen molar-refractivity contribution in [1.29, 1.82) is 0 Å². The molecule has 18 heavy (non-hydrogen) atoms. The Morgan fingerprint density at radius 1 is 1.22 bits per heavy atom. The van der Waals surface area contributed by atoms with Gasteiger partial charge in [0.25, 0.3) is 0 Å². The minimum atomic E-state index is -0.844. The lowest BCUT2D eigenvalue weighted by atomic mass is 9.97. The van der Waals surface area contributed by atoms with Gasteiger partial charge in [-0.3, -0.25) is 9.59 Å². The summed E-state index contributed by atoms with van der Waals surface area (Å²) in [6.07, 6.45) is 0.0874. The number of aliphatic carboxylic acids is 1. The van der Waals surface area contributed by atoms with Crippen LogP contribution in [0.4, 0.5) is 4.79 Å². The molecule has 0 bridgehead atoms. The molecular weight excluding hydrogens is 238 g/mol. The monoisotopic (exact) mass is 257 g/mol. The number of carboxylic acids is 1. The minimum absolute atomic E-state index is 0.0319. The van der Waals surface area contributed by atoms with Crippen molar-refractivity contribution in [3.05, 3.63) is 0 Å². The summed E-state index contributed by atoms with van der Waals surface area (Å²) in [5.41, 5.74) is 0. The lowest BCUT2D eigenvalue weighted by Crippen LogP contribution is -2.55. The van der Waals surface area contributed by atoms with Crippen LogP contribution in [0.3, 0.4) is 0 Å². The number of carbonyl (C=O) groups excluding carboxylic acids is 2. The fourth-order valence-electron chi connectivity index (χ4n) is 1.76. The van der Waals surface area contributed by atoms with E-state index < -0.39 is 5.97 Å². The molecule has 3 amide bonds. The van der Waals surface area contributed by atoms with E-state index in [1.54, 1.807) is 26.0 Å². The largest absolute Gasteiger partial charge is 0.481 e. The van der Waals surface area contributed by atoms with Crippen LogP contribution in [0.25, 0.3) is 0 Å². The Kier molecular flexibility index (Phi) is 4.52.